The molecular weight excluding hydrogens is 814 g/mol. The van der Waals surface area contributed by atoms with Crippen LogP contribution in [0.5, 0.6) is 0 Å². The fourth-order valence-electron chi connectivity index (χ4n) is 5.40. The molecule has 346 valence electrons. The number of hydrogen-bond acceptors (Lipinski definition) is 11. The molecule has 2 unspecified atom stereocenters. The maximum Gasteiger partial charge on any atom is 0.472 e. The Bertz CT molecular complexity index is 1350. The minimum absolute atomic E-state index is 0.0765. The van der Waals surface area contributed by atoms with Crippen LogP contribution in [0.1, 0.15) is 149 Å². The van der Waals surface area contributed by atoms with E-state index in [1.54, 1.807) is 24.3 Å². The third-order valence-electron chi connectivity index (χ3n) is 8.69. The third kappa shape index (κ3) is 42.2. The molecule has 0 fully saturated rings. The van der Waals surface area contributed by atoms with Gasteiger partial charge >= 0.3 is 27.6 Å². The lowest BCUT2D eigenvalue weighted by atomic mass is 10.0. The van der Waals surface area contributed by atoms with E-state index in [2.05, 4.69) is 59.4 Å². The van der Waals surface area contributed by atoms with Crippen molar-refractivity contribution in [1.29, 1.82) is 0 Å². The van der Waals surface area contributed by atoms with Gasteiger partial charge in [-0.05, 0) is 44.9 Å². The number of unbranched alkanes of at least 4 members (excludes halogenated alkanes) is 12. The predicted molar refractivity (Wildman–Crippen MR) is 236 cm³/mol. The average Bonchev–Trinajstić information content (AvgIpc) is 3.20. The molecule has 14 nitrogen and oxygen atoms in total. The number of rotatable bonds is 40. The van der Waals surface area contributed by atoms with E-state index in [0.29, 0.717) is 12.8 Å². The van der Waals surface area contributed by atoms with Crippen molar-refractivity contribution < 1.29 is 66.7 Å². The Morgan fingerprint density at radius 1 is 0.567 bits per heavy atom. The number of aliphatic hydroxyl groups is 2. The van der Waals surface area contributed by atoms with Crippen molar-refractivity contribution in [2.45, 2.75) is 167 Å². The summed E-state index contributed by atoms with van der Waals surface area (Å²) in [5.74, 6) is -1.22. The number of aliphatic hydroxyl groups excluding tert-OH is 2. The summed E-state index contributed by atoms with van der Waals surface area (Å²) < 4.78 is 47.6. The summed E-state index contributed by atoms with van der Waals surface area (Å²) >= 11 is 0. The van der Waals surface area contributed by atoms with Gasteiger partial charge in [0, 0.05) is 12.8 Å². The molecule has 0 aromatic rings. The van der Waals surface area contributed by atoms with Gasteiger partial charge in [-0.1, -0.05) is 164 Å². The number of carbonyl (C=O) groups excluding carboxylic acids is 2. The van der Waals surface area contributed by atoms with Gasteiger partial charge in [0.1, 0.15) is 12.7 Å². The monoisotopic (exact) mass is 890 g/mol. The summed E-state index contributed by atoms with van der Waals surface area (Å²) in [5, 5.41) is 20.0. The highest BCUT2D eigenvalue weighted by atomic mass is 31.2. The molecule has 0 saturated carbocycles. The van der Waals surface area contributed by atoms with Crippen LogP contribution in [0.15, 0.2) is 72.9 Å². The quantitative estimate of drug-likeness (QED) is 0.0127. The highest BCUT2D eigenvalue weighted by molar-refractivity contribution is 7.47. The Kier molecular flexibility index (Phi) is 37.7. The fourth-order valence-corrected chi connectivity index (χ4v) is 6.55. The van der Waals surface area contributed by atoms with E-state index >= 15 is 0 Å². The second-order valence-corrected chi connectivity index (χ2v) is 17.1. The Morgan fingerprint density at radius 2 is 1.10 bits per heavy atom. The molecule has 0 rings (SSSR count). The standard InChI is InChI=1S/C44H76O14P2/c1-3-5-7-9-11-13-15-17-19-21-23-25-28-32-40(45)33-29-27-31-35-44(48)58-42(39-57-60(52,53)56-37-41(46)36-55-59(49,50)51)38-54-43(47)34-30-26-24-22-20-18-16-14-12-10-8-6-4-2/h5,7,11,13,17,19,23,25,27-29,32,40-42,45-46H,3-4,6,8-10,12,14-16,18,20-22,24,26,30-31,33-39H2,1-2H3,(H,52,53)(H2,49,50,51)/b7-5-,13-11-,19-17-,25-23-,29-27-,32-28-/t40?,41-,42+/m0/s1. The van der Waals surface area contributed by atoms with Gasteiger partial charge < -0.3 is 34.4 Å². The summed E-state index contributed by atoms with van der Waals surface area (Å²) in [6.07, 6.45) is 39.3. The maximum absolute atomic E-state index is 12.6. The van der Waals surface area contributed by atoms with Crippen molar-refractivity contribution in [1.82, 2.24) is 0 Å². The number of esters is 2. The second kappa shape index (κ2) is 39.4. The van der Waals surface area contributed by atoms with Crippen LogP contribution in [0.4, 0.5) is 0 Å². The van der Waals surface area contributed by atoms with E-state index in [0.717, 1.165) is 44.9 Å². The molecule has 0 aliphatic heterocycles. The molecule has 0 aliphatic rings. The van der Waals surface area contributed by atoms with E-state index < -0.39 is 72.3 Å². The molecule has 0 spiro atoms. The Morgan fingerprint density at radius 3 is 1.68 bits per heavy atom. The van der Waals surface area contributed by atoms with E-state index in [1.807, 2.05) is 12.2 Å². The number of ether oxygens (including phenoxy) is 2. The van der Waals surface area contributed by atoms with Crippen LogP contribution in [0.3, 0.4) is 0 Å². The largest absolute Gasteiger partial charge is 0.472 e. The summed E-state index contributed by atoms with van der Waals surface area (Å²) in [6, 6.07) is 0. The molecule has 0 heterocycles. The first-order valence-electron chi connectivity index (χ1n) is 21.7. The number of phosphoric acid groups is 2. The van der Waals surface area contributed by atoms with Crippen molar-refractivity contribution in [2.75, 3.05) is 26.4 Å². The lowest BCUT2D eigenvalue weighted by molar-refractivity contribution is -0.161. The number of allylic oxidation sites excluding steroid dienone is 10. The van der Waals surface area contributed by atoms with Crippen molar-refractivity contribution in [3.05, 3.63) is 72.9 Å². The van der Waals surface area contributed by atoms with Crippen LogP contribution in [0.2, 0.25) is 0 Å². The molecular formula is C44H76O14P2. The van der Waals surface area contributed by atoms with Gasteiger partial charge in [0.2, 0.25) is 0 Å². The fraction of sp³-hybridized carbons (Fsp3) is 0.682. The minimum Gasteiger partial charge on any atom is -0.462 e. The topological polar surface area (TPSA) is 216 Å². The molecule has 0 bridgehead atoms. The molecule has 0 aliphatic carbocycles. The van der Waals surface area contributed by atoms with Gasteiger partial charge in [0.25, 0.3) is 0 Å². The molecule has 0 amide bonds. The average molecular weight is 891 g/mol. The summed E-state index contributed by atoms with van der Waals surface area (Å²) in [5.41, 5.74) is 0. The second-order valence-electron chi connectivity index (χ2n) is 14.4. The lowest BCUT2D eigenvalue weighted by Gasteiger charge is -2.20. The van der Waals surface area contributed by atoms with Gasteiger partial charge in [-0.15, -0.1) is 0 Å². The maximum atomic E-state index is 12.6. The minimum atomic E-state index is -4.88. The smallest absolute Gasteiger partial charge is 0.462 e. The molecule has 0 aromatic heterocycles. The zero-order chi connectivity index (χ0) is 44.6. The van der Waals surface area contributed by atoms with E-state index in [1.165, 1.54) is 57.8 Å². The van der Waals surface area contributed by atoms with Crippen molar-refractivity contribution >= 4 is 27.6 Å². The zero-order valence-corrected chi connectivity index (χ0v) is 37.9. The van der Waals surface area contributed by atoms with Crippen LogP contribution >= 0.6 is 15.6 Å². The molecule has 60 heavy (non-hydrogen) atoms. The number of phosphoric ester groups is 2. The normalized spacial score (nSPS) is 15.2. The summed E-state index contributed by atoms with van der Waals surface area (Å²) in [6.45, 7) is 1.44. The molecule has 0 radical (unpaired) electrons. The Hall–Kier alpha value is -2.48. The summed E-state index contributed by atoms with van der Waals surface area (Å²) in [4.78, 5) is 52.6. The van der Waals surface area contributed by atoms with Crippen LogP contribution in [-0.4, -0.2) is 81.6 Å². The van der Waals surface area contributed by atoms with Crippen molar-refractivity contribution in [3.63, 3.8) is 0 Å². The van der Waals surface area contributed by atoms with Crippen molar-refractivity contribution in [3.8, 4) is 0 Å². The number of carbonyl (C=O) groups is 2. The van der Waals surface area contributed by atoms with Crippen LogP contribution < -0.4 is 0 Å². The van der Waals surface area contributed by atoms with E-state index in [4.69, 9.17) is 23.8 Å². The summed E-state index contributed by atoms with van der Waals surface area (Å²) in [7, 11) is -9.74. The first-order chi connectivity index (χ1) is 28.8. The van der Waals surface area contributed by atoms with Crippen LogP contribution in [-0.2, 0) is 41.8 Å². The zero-order valence-electron chi connectivity index (χ0n) is 36.1. The molecule has 0 aromatic carbocycles. The molecule has 5 N–H and O–H groups in total. The number of hydrogen-bond donors (Lipinski definition) is 5. The van der Waals surface area contributed by atoms with E-state index in [9.17, 15) is 33.8 Å². The van der Waals surface area contributed by atoms with Gasteiger partial charge in [0.05, 0.1) is 25.9 Å². The SMILES string of the molecule is CC/C=C\C/C=C\C/C=C\C/C=C\C=C/C(O)C/C=C\CCC(=O)O[C@H](COC(=O)CCCCCCCCCCCCCCC)COP(=O)(O)OC[C@@H](O)COP(=O)(O)O. The third-order valence-corrected chi connectivity index (χ3v) is 10.1. The molecule has 4 atom stereocenters. The van der Waals surface area contributed by atoms with Crippen LogP contribution in [0, 0.1) is 0 Å². The molecule has 16 heteroatoms. The molecule has 0 saturated heterocycles. The Labute approximate surface area is 359 Å². The first kappa shape index (κ1) is 57.5. The lowest BCUT2D eigenvalue weighted by Crippen LogP contribution is -2.29. The van der Waals surface area contributed by atoms with Crippen LogP contribution in [0.25, 0.3) is 0 Å². The van der Waals surface area contributed by atoms with E-state index in [-0.39, 0.29) is 19.3 Å². The van der Waals surface area contributed by atoms with Crippen molar-refractivity contribution in [2.24, 2.45) is 0 Å². The van der Waals surface area contributed by atoms with Gasteiger partial charge in [0.15, 0.2) is 6.10 Å². The Balaban J connectivity index is 4.75. The van der Waals surface area contributed by atoms with Gasteiger partial charge in [-0.3, -0.25) is 23.2 Å². The first-order valence-corrected chi connectivity index (χ1v) is 24.8. The van der Waals surface area contributed by atoms with Gasteiger partial charge in [-0.2, -0.15) is 0 Å². The highest BCUT2D eigenvalue weighted by Crippen LogP contribution is 2.43. The predicted octanol–water partition coefficient (Wildman–Crippen LogP) is 9.98. The van der Waals surface area contributed by atoms with Gasteiger partial charge in [-0.25, -0.2) is 9.13 Å². The highest BCUT2D eigenvalue weighted by Gasteiger charge is 2.28.